The number of piperidine rings is 1. The van der Waals surface area contributed by atoms with E-state index in [1.807, 2.05) is 0 Å². The van der Waals surface area contributed by atoms with Gasteiger partial charge in [0.25, 0.3) is 0 Å². The fraction of sp³-hybridized carbons (Fsp3) is 0.647. The summed E-state index contributed by atoms with van der Waals surface area (Å²) in [6.07, 6.45) is 8.12. The van der Waals surface area contributed by atoms with Crippen molar-refractivity contribution >= 4 is 0 Å². The molecule has 1 aliphatic carbocycles. The highest BCUT2D eigenvalue weighted by atomic mass is 15.0. The molecule has 0 amide bonds. The molecule has 2 aliphatic rings. The fourth-order valence-electron chi connectivity index (χ4n) is 3.55. The Bertz CT molecular complexity index is 395. The summed E-state index contributed by atoms with van der Waals surface area (Å²) in [4.78, 5) is 0. The molecule has 3 rings (SSSR count). The lowest BCUT2D eigenvalue weighted by atomic mass is 9.93. The highest BCUT2D eigenvalue weighted by Crippen LogP contribution is 2.56. The van der Waals surface area contributed by atoms with E-state index in [2.05, 4.69) is 36.5 Å². The van der Waals surface area contributed by atoms with E-state index in [-0.39, 0.29) is 0 Å². The van der Waals surface area contributed by atoms with E-state index in [4.69, 9.17) is 0 Å². The Labute approximate surface area is 111 Å². The first-order valence-electron chi connectivity index (χ1n) is 7.65. The molecule has 0 aromatic heterocycles. The molecule has 1 nitrogen and oxygen atoms in total. The van der Waals surface area contributed by atoms with Crippen LogP contribution in [0.15, 0.2) is 24.3 Å². The molecular formula is C17H25N. The molecule has 1 saturated heterocycles. The molecular weight excluding hydrogens is 218 g/mol. The number of unbranched alkanes of at least 4 members (excludes halogenated alkanes) is 3. The van der Waals surface area contributed by atoms with E-state index in [1.54, 1.807) is 5.56 Å². The summed E-state index contributed by atoms with van der Waals surface area (Å²) in [6.45, 7) is 4.71. The van der Waals surface area contributed by atoms with Gasteiger partial charge in [-0.05, 0) is 42.9 Å². The van der Waals surface area contributed by atoms with Crippen LogP contribution in [0.3, 0.4) is 0 Å². The lowest BCUT2D eigenvalue weighted by Crippen LogP contribution is -2.19. The van der Waals surface area contributed by atoms with Crippen LogP contribution < -0.4 is 5.32 Å². The fourth-order valence-corrected chi connectivity index (χ4v) is 3.55. The van der Waals surface area contributed by atoms with Crippen LogP contribution in [0.5, 0.6) is 0 Å². The Kier molecular flexibility index (Phi) is 3.43. The van der Waals surface area contributed by atoms with Crippen LogP contribution in [-0.4, -0.2) is 13.1 Å². The average molecular weight is 243 g/mol. The Morgan fingerprint density at radius 1 is 1.17 bits per heavy atom. The summed E-state index contributed by atoms with van der Waals surface area (Å²) >= 11 is 0. The van der Waals surface area contributed by atoms with E-state index < -0.39 is 0 Å². The molecule has 1 heteroatoms. The zero-order valence-electron chi connectivity index (χ0n) is 11.5. The second kappa shape index (κ2) is 5.05. The van der Waals surface area contributed by atoms with Gasteiger partial charge < -0.3 is 5.32 Å². The van der Waals surface area contributed by atoms with Gasteiger partial charge >= 0.3 is 0 Å². The van der Waals surface area contributed by atoms with Crippen LogP contribution in [0.1, 0.15) is 50.2 Å². The number of aryl methyl sites for hydroxylation is 1. The van der Waals surface area contributed by atoms with Gasteiger partial charge in [0.15, 0.2) is 0 Å². The molecule has 0 radical (unpaired) electrons. The van der Waals surface area contributed by atoms with E-state index in [0.29, 0.717) is 5.41 Å². The zero-order valence-corrected chi connectivity index (χ0v) is 11.5. The number of benzene rings is 1. The number of rotatable bonds is 6. The summed E-state index contributed by atoms with van der Waals surface area (Å²) in [5, 5.41) is 3.52. The predicted molar refractivity (Wildman–Crippen MR) is 76.9 cm³/mol. The van der Waals surface area contributed by atoms with Crippen molar-refractivity contribution in [2.24, 2.45) is 5.92 Å². The van der Waals surface area contributed by atoms with Crippen molar-refractivity contribution in [2.45, 2.75) is 50.9 Å². The summed E-state index contributed by atoms with van der Waals surface area (Å²) in [5.74, 6) is 0.924. The van der Waals surface area contributed by atoms with Gasteiger partial charge in [0.05, 0.1) is 0 Å². The standard InChI is InChI=1S/C17H25N/c1-2-3-4-5-6-14-7-9-15(10-8-14)17-11-16(17)12-18-13-17/h7-10,16,18H,2-6,11-13H2,1H3. The Morgan fingerprint density at radius 3 is 2.61 bits per heavy atom. The van der Waals surface area contributed by atoms with Crippen LogP contribution in [0, 0.1) is 5.92 Å². The molecule has 1 aliphatic heterocycles. The van der Waals surface area contributed by atoms with E-state index in [0.717, 1.165) is 5.92 Å². The molecule has 1 aromatic carbocycles. The third-order valence-corrected chi connectivity index (χ3v) is 4.91. The van der Waals surface area contributed by atoms with Crippen molar-refractivity contribution in [2.75, 3.05) is 13.1 Å². The molecule has 0 bridgehead atoms. The first kappa shape index (κ1) is 12.2. The predicted octanol–water partition coefficient (Wildman–Crippen LogP) is 3.67. The molecule has 98 valence electrons. The third-order valence-electron chi connectivity index (χ3n) is 4.91. The normalized spacial score (nSPS) is 29.3. The minimum absolute atomic E-state index is 0.529. The van der Waals surface area contributed by atoms with Crippen molar-refractivity contribution in [3.63, 3.8) is 0 Å². The lowest BCUT2D eigenvalue weighted by Gasteiger charge is -2.12. The van der Waals surface area contributed by atoms with Crippen molar-refractivity contribution in [3.8, 4) is 0 Å². The number of hydrogen-bond acceptors (Lipinski definition) is 1. The molecule has 0 spiro atoms. The lowest BCUT2D eigenvalue weighted by molar-refractivity contribution is 0.664. The molecule has 1 aromatic rings. The van der Waals surface area contributed by atoms with Crippen LogP contribution in [-0.2, 0) is 11.8 Å². The van der Waals surface area contributed by atoms with Crippen molar-refractivity contribution in [1.82, 2.24) is 5.32 Å². The molecule has 2 unspecified atom stereocenters. The van der Waals surface area contributed by atoms with Gasteiger partial charge in [-0.3, -0.25) is 0 Å². The summed E-state index contributed by atoms with van der Waals surface area (Å²) in [7, 11) is 0. The monoisotopic (exact) mass is 243 g/mol. The van der Waals surface area contributed by atoms with Crippen molar-refractivity contribution in [1.29, 1.82) is 0 Å². The third kappa shape index (κ3) is 2.21. The van der Waals surface area contributed by atoms with Crippen molar-refractivity contribution in [3.05, 3.63) is 35.4 Å². The molecule has 1 heterocycles. The van der Waals surface area contributed by atoms with Gasteiger partial charge in [-0.2, -0.15) is 0 Å². The van der Waals surface area contributed by atoms with Gasteiger partial charge in [0.1, 0.15) is 0 Å². The van der Waals surface area contributed by atoms with Gasteiger partial charge in [-0.1, -0.05) is 50.5 Å². The maximum atomic E-state index is 3.52. The molecule has 18 heavy (non-hydrogen) atoms. The number of nitrogens with one attached hydrogen (secondary N) is 1. The topological polar surface area (TPSA) is 12.0 Å². The van der Waals surface area contributed by atoms with E-state index in [1.165, 1.54) is 57.2 Å². The largest absolute Gasteiger partial charge is 0.316 e. The van der Waals surface area contributed by atoms with E-state index in [9.17, 15) is 0 Å². The maximum absolute atomic E-state index is 3.52. The highest BCUT2D eigenvalue weighted by Gasteiger charge is 2.57. The molecule has 2 atom stereocenters. The highest BCUT2D eigenvalue weighted by molar-refractivity contribution is 5.38. The first-order chi connectivity index (χ1) is 8.85. The van der Waals surface area contributed by atoms with Crippen LogP contribution in [0.25, 0.3) is 0 Å². The first-order valence-corrected chi connectivity index (χ1v) is 7.65. The summed E-state index contributed by atoms with van der Waals surface area (Å²) in [6, 6.07) is 9.51. The second-order valence-corrected chi connectivity index (χ2v) is 6.20. The van der Waals surface area contributed by atoms with Gasteiger partial charge in [0, 0.05) is 12.0 Å². The SMILES string of the molecule is CCCCCCc1ccc(C23CNCC2C3)cc1. The molecule has 1 saturated carbocycles. The molecule has 1 N–H and O–H groups in total. The summed E-state index contributed by atoms with van der Waals surface area (Å²) in [5.41, 5.74) is 3.63. The van der Waals surface area contributed by atoms with E-state index >= 15 is 0 Å². The second-order valence-electron chi connectivity index (χ2n) is 6.20. The van der Waals surface area contributed by atoms with Crippen LogP contribution >= 0.6 is 0 Å². The maximum Gasteiger partial charge on any atom is 0.0122 e. The van der Waals surface area contributed by atoms with Crippen LogP contribution in [0.4, 0.5) is 0 Å². The van der Waals surface area contributed by atoms with Crippen LogP contribution in [0.2, 0.25) is 0 Å². The Hall–Kier alpha value is -0.820. The zero-order chi connectivity index (χ0) is 12.4. The Morgan fingerprint density at radius 2 is 2.00 bits per heavy atom. The number of hydrogen-bond donors (Lipinski definition) is 1. The van der Waals surface area contributed by atoms with Gasteiger partial charge in [-0.25, -0.2) is 0 Å². The number of fused-ring (bicyclic) bond motifs is 1. The van der Waals surface area contributed by atoms with Crippen molar-refractivity contribution < 1.29 is 0 Å². The molecule has 2 fully saturated rings. The smallest absolute Gasteiger partial charge is 0.0122 e. The average Bonchev–Trinajstić information content (AvgIpc) is 2.98. The summed E-state index contributed by atoms with van der Waals surface area (Å²) < 4.78 is 0. The minimum atomic E-state index is 0.529. The quantitative estimate of drug-likeness (QED) is 0.752. The Balaban J connectivity index is 1.56. The van der Waals surface area contributed by atoms with Gasteiger partial charge in [0.2, 0.25) is 0 Å². The minimum Gasteiger partial charge on any atom is -0.316 e. The van der Waals surface area contributed by atoms with Gasteiger partial charge in [-0.15, -0.1) is 0 Å².